The van der Waals surface area contributed by atoms with E-state index >= 15 is 0 Å². The molecular formula is C15H23ClN2O. The molecule has 106 valence electrons. The third kappa shape index (κ3) is 3.95. The summed E-state index contributed by atoms with van der Waals surface area (Å²) in [5.74, 6) is 0.164. The highest BCUT2D eigenvalue weighted by atomic mass is 35.5. The fourth-order valence-corrected chi connectivity index (χ4v) is 2.70. The molecule has 2 rings (SSSR count). The van der Waals surface area contributed by atoms with Gasteiger partial charge in [0.15, 0.2) is 0 Å². The van der Waals surface area contributed by atoms with Gasteiger partial charge in [-0.1, -0.05) is 17.7 Å². The zero-order chi connectivity index (χ0) is 13.0. The maximum atomic E-state index is 12.5. The molecule has 4 heteroatoms. The van der Waals surface area contributed by atoms with Gasteiger partial charge in [-0.3, -0.25) is 4.79 Å². The highest BCUT2D eigenvalue weighted by Gasteiger charge is 2.26. The second kappa shape index (κ2) is 7.51. The number of hydrogen-bond acceptors (Lipinski definition) is 2. The second-order valence-electron chi connectivity index (χ2n) is 5.09. The summed E-state index contributed by atoms with van der Waals surface area (Å²) in [6, 6.07) is 8.17. The highest BCUT2D eigenvalue weighted by molar-refractivity contribution is 5.94. The van der Waals surface area contributed by atoms with Gasteiger partial charge in [0.25, 0.3) is 5.91 Å². The van der Waals surface area contributed by atoms with Crippen LogP contribution in [0.15, 0.2) is 24.3 Å². The summed E-state index contributed by atoms with van der Waals surface area (Å²) in [7, 11) is 0. The number of benzene rings is 1. The SMILES string of the molecule is Cc1cccc(C(=O)N2CCCCC2CCN)c1.Cl. The Kier molecular flexibility index (Phi) is 6.32. The minimum absolute atomic E-state index is 0. The van der Waals surface area contributed by atoms with Gasteiger partial charge in [0.2, 0.25) is 0 Å². The van der Waals surface area contributed by atoms with Crippen LogP contribution in [0.2, 0.25) is 0 Å². The van der Waals surface area contributed by atoms with E-state index < -0.39 is 0 Å². The predicted molar refractivity (Wildman–Crippen MR) is 80.8 cm³/mol. The molecule has 1 amide bonds. The van der Waals surface area contributed by atoms with E-state index in [9.17, 15) is 4.79 Å². The first-order valence-corrected chi connectivity index (χ1v) is 6.80. The van der Waals surface area contributed by atoms with Crippen LogP contribution in [0.4, 0.5) is 0 Å². The Hall–Kier alpha value is -1.06. The fraction of sp³-hybridized carbons (Fsp3) is 0.533. The van der Waals surface area contributed by atoms with E-state index in [4.69, 9.17) is 5.73 Å². The molecule has 0 aliphatic carbocycles. The summed E-state index contributed by atoms with van der Waals surface area (Å²) in [6.45, 7) is 3.55. The van der Waals surface area contributed by atoms with Crippen LogP contribution < -0.4 is 5.73 Å². The molecule has 1 aliphatic rings. The Morgan fingerprint density at radius 1 is 1.42 bits per heavy atom. The van der Waals surface area contributed by atoms with E-state index in [0.29, 0.717) is 12.6 Å². The van der Waals surface area contributed by atoms with Crippen LogP contribution in [0.5, 0.6) is 0 Å². The van der Waals surface area contributed by atoms with E-state index in [1.54, 1.807) is 0 Å². The van der Waals surface area contributed by atoms with Gasteiger partial charge in [-0.15, -0.1) is 12.4 Å². The molecule has 0 bridgehead atoms. The first kappa shape index (κ1) is 16.0. The lowest BCUT2D eigenvalue weighted by Crippen LogP contribution is -2.44. The summed E-state index contributed by atoms with van der Waals surface area (Å²) in [5, 5.41) is 0. The number of piperidine rings is 1. The first-order chi connectivity index (χ1) is 8.72. The zero-order valence-corrected chi connectivity index (χ0v) is 12.3. The molecule has 1 unspecified atom stereocenters. The van der Waals surface area contributed by atoms with Crippen molar-refractivity contribution in [3.05, 3.63) is 35.4 Å². The summed E-state index contributed by atoms with van der Waals surface area (Å²) in [4.78, 5) is 14.5. The molecule has 1 atom stereocenters. The number of amides is 1. The van der Waals surface area contributed by atoms with Crippen LogP contribution in [0.25, 0.3) is 0 Å². The van der Waals surface area contributed by atoms with Gasteiger partial charge in [0, 0.05) is 18.2 Å². The van der Waals surface area contributed by atoms with Crippen LogP contribution in [0.3, 0.4) is 0 Å². The summed E-state index contributed by atoms with van der Waals surface area (Å²) >= 11 is 0. The Balaban J connectivity index is 0.00000180. The minimum Gasteiger partial charge on any atom is -0.336 e. The molecule has 1 aromatic rings. The Bertz CT molecular complexity index is 420. The lowest BCUT2D eigenvalue weighted by atomic mass is 9.98. The molecule has 0 spiro atoms. The number of rotatable bonds is 3. The van der Waals surface area contributed by atoms with Crippen molar-refractivity contribution in [3.63, 3.8) is 0 Å². The molecule has 0 radical (unpaired) electrons. The molecule has 1 aromatic carbocycles. The van der Waals surface area contributed by atoms with Crippen LogP contribution in [-0.2, 0) is 0 Å². The Morgan fingerprint density at radius 3 is 2.89 bits per heavy atom. The fourth-order valence-electron chi connectivity index (χ4n) is 2.70. The van der Waals surface area contributed by atoms with Gasteiger partial charge >= 0.3 is 0 Å². The topological polar surface area (TPSA) is 46.3 Å². The van der Waals surface area contributed by atoms with Gasteiger partial charge < -0.3 is 10.6 Å². The van der Waals surface area contributed by atoms with Gasteiger partial charge in [-0.2, -0.15) is 0 Å². The molecule has 1 aliphatic heterocycles. The molecule has 1 fully saturated rings. The maximum absolute atomic E-state index is 12.5. The molecular weight excluding hydrogens is 260 g/mol. The monoisotopic (exact) mass is 282 g/mol. The first-order valence-electron chi connectivity index (χ1n) is 6.80. The van der Waals surface area contributed by atoms with Gasteiger partial charge in [-0.05, 0) is 51.3 Å². The molecule has 19 heavy (non-hydrogen) atoms. The number of halogens is 1. The van der Waals surface area contributed by atoms with Crippen molar-refractivity contribution < 1.29 is 4.79 Å². The van der Waals surface area contributed by atoms with Crippen molar-refractivity contribution >= 4 is 18.3 Å². The largest absolute Gasteiger partial charge is 0.336 e. The van der Waals surface area contributed by atoms with Gasteiger partial charge in [0.1, 0.15) is 0 Å². The highest BCUT2D eigenvalue weighted by Crippen LogP contribution is 2.21. The van der Waals surface area contributed by atoms with Crippen molar-refractivity contribution in [2.45, 2.75) is 38.6 Å². The third-order valence-corrected chi connectivity index (χ3v) is 3.65. The average molecular weight is 283 g/mol. The number of aryl methyl sites for hydroxylation is 1. The molecule has 1 heterocycles. The quantitative estimate of drug-likeness (QED) is 0.927. The predicted octanol–water partition coefficient (Wildman–Crippen LogP) is 2.76. The standard InChI is InChI=1S/C15H22N2O.ClH/c1-12-5-4-6-13(11-12)15(18)17-10-3-2-7-14(17)8-9-16;/h4-6,11,14H,2-3,7-10,16H2,1H3;1H. The van der Waals surface area contributed by atoms with Crippen LogP contribution in [0.1, 0.15) is 41.6 Å². The van der Waals surface area contributed by atoms with Crippen molar-refractivity contribution in [1.82, 2.24) is 4.90 Å². The number of nitrogens with two attached hydrogens (primary N) is 1. The average Bonchev–Trinajstić information content (AvgIpc) is 2.39. The smallest absolute Gasteiger partial charge is 0.254 e. The lowest BCUT2D eigenvalue weighted by Gasteiger charge is -2.35. The molecule has 0 aromatic heterocycles. The van der Waals surface area contributed by atoms with Gasteiger partial charge in [0.05, 0.1) is 0 Å². The molecule has 0 saturated carbocycles. The van der Waals surface area contributed by atoms with E-state index in [1.165, 1.54) is 6.42 Å². The normalized spacial score (nSPS) is 18.8. The molecule has 1 saturated heterocycles. The van der Waals surface area contributed by atoms with Crippen LogP contribution >= 0.6 is 12.4 Å². The van der Waals surface area contributed by atoms with E-state index in [-0.39, 0.29) is 18.3 Å². The Morgan fingerprint density at radius 2 is 2.21 bits per heavy atom. The van der Waals surface area contributed by atoms with Gasteiger partial charge in [-0.25, -0.2) is 0 Å². The van der Waals surface area contributed by atoms with Crippen molar-refractivity contribution in [3.8, 4) is 0 Å². The van der Waals surface area contributed by atoms with Crippen molar-refractivity contribution in [1.29, 1.82) is 0 Å². The zero-order valence-electron chi connectivity index (χ0n) is 11.5. The number of carbonyl (C=O) groups is 1. The van der Waals surface area contributed by atoms with E-state index in [1.807, 2.05) is 36.1 Å². The summed E-state index contributed by atoms with van der Waals surface area (Å²) in [5.41, 5.74) is 7.58. The summed E-state index contributed by atoms with van der Waals surface area (Å²) in [6.07, 6.45) is 4.33. The lowest BCUT2D eigenvalue weighted by molar-refractivity contribution is 0.0605. The minimum atomic E-state index is 0. The number of nitrogens with zero attached hydrogens (tertiary/aromatic N) is 1. The number of likely N-dealkylation sites (tertiary alicyclic amines) is 1. The number of hydrogen-bond donors (Lipinski definition) is 1. The van der Waals surface area contributed by atoms with Crippen molar-refractivity contribution in [2.24, 2.45) is 5.73 Å². The van der Waals surface area contributed by atoms with Crippen LogP contribution in [0, 0.1) is 6.92 Å². The Labute approximate surface area is 121 Å². The third-order valence-electron chi connectivity index (χ3n) is 3.65. The van der Waals surface area contributed by atoms with E-state index in [2.05, 4.69) is 0 Å². The van der Waals surface area contributed by atoms with Crippen LogP contribution in [-0.4, -0.2) is 29.9 Å². The van der Waals surface area contributed by atoms with Crippen molar-refractivity contribution in [2.75, 3.05) is 13.1 Å². The molecule has 2 N–H and O–H groups in total. The summed E-state index contributed by atoms with van der Waals surface area (Å²) < 4.78 is 0. The maximum Gasteiger partial charge on any atom is 0.254 e. The molecule has 3 nitrogen and oxygen atoms in total. The second-order valence-corrected chi connectivity index (χ2v) is 5.09. The van der Waals surface area contributed by atoms with E-state index in [0.717, 1.165) is 36.9 Å². The number of carbonyl (C=O) groups excluding carboxylic acids is 1.